The predicted molar refractivity (Wildman–Crippen MR) is 43.3 cm³/mol. The monoisotopic (exact) mass is 159 g/mol. The van der Waals surface area contributed by atoms with Crippen LogP contribution in [0.1, 0.15) is 19.8 Å². The number of hydrogen-bond acceptors (Lipinski definition) is 3. The Bertz CT molecular complexity index is 129. The molecule has 1 aliphatic rings. The average molecular weight is 159 g/mol. The minimum atomic E-state index is -0.359. The predicted octanol–water partition coefficient (Wildman–Crippen LogP) is -0.271. The summed E-state index contributed by atoms with van der Waals surface area (Å²) in [5.74, 6) is 0. The summed E-state index contributed by atoms with van der Waals surface area (Å²) in [6, 6.07) is 0. The minimum Gasteiger partial charge on any atom is -0.396 e. The first-order chi connectivity index (χ1) is 5.19. The van der Waals surface area contributed by atoms with E-state index in [1.165, 1.54) is 0 Å². The standard InChI is InChI=1S/C8H17NO2/c1-8(6-10)3-5-9-4-2-7(8)11/h7,9-11H,2-6H2,1H3. The van der Waals surface area contributed by atoms with Crippen molar-refractivity contribution in [3.8, 4) is 0 Å². The zero-order valence-corrected chi connectivity index (χ0v) is 7.01. The fourth-order valence-electron chi connectivity index (χ4n) is 1.44. The molecule has 2 atom stereocenters. The molecule has 0 aromatic heterocycles. The fourth-order valence-corrected chi connectivity index (χ4v) is 1.44. The van der Waals surface area contributed by atoms with Gasteiger partial charge < -0.3 is 15.5 Å². The molecule has 0 radical (unpaired) electrons. The summed E-state index contributed by atoms with van der Waals surface area (Å²) in [6.07, 6.45) is 1.24. The zero-order valence-electron chi connectivity index (χ0n) is 7.01. The van der Waals surface area contributed by atoms with Crippen molar-refractivity contribution in [3.63, 3.8) is 0 Å². The van der Waals surface area contributed by atoms with Crippen LogP contribution in [0.3, 0.4) is 0 Å². The molecule has 3 heteroatoms. The van der Waals surface area contributed by atoms with Crippen LogP contribution in [0.15, 0.2) is 0 Å². The van der Waals surface area contributed by atoms with Gasteiger partial charge in [0.2, 0.25) is 0 Å². The van der Waals surface area contributed by atoms with Crippen molar-refractivity contribution in [2.75, 3.05) is 19.7 Å². The molecule has 66 valence electrons. The first kappa shape index (κ1) is 8.97. The van der Waals surface area contributed by atoms with E-state index in [1.54, 1.807) is 0 Å². The Hall–Kier alpha value is -0.120. The maximum atomic E-state index is 9.61. The van der Waals surface area contributed by atoms with E-state index in [2.05, 4.69) is 5.32 Å². The number of aliphatic hydroxyl groups is 2. The van der Waals surface area contributed by atoms with Gasteiger partial charge in [0.15, 0.2) is 0 Å². The first-order valence-electron chi connectivity index (χ1n) is 4.19. The van der Waals surface area contributed by atoms with Gasteiger partial charge >= 0.3 is 0 Å². The highest BCUT2D eigenvalue weighted by atomic mass is 16.3. The molecule has 1 heterocycles. The molecule has 0 aromatic carbocycles. The van der Waals surface area contributed by atoms with Crippen LogP contribution in [0, 0.1) is 5.41 Å². The van der Waals surface area contributed by atoms with E-state index >= 15 is 0 Å². The van der Waals surface area contributed by atoms with E-state index in [1.807, 2.05) is 6.92 Å². The second-order valence-electron chi connectivity index (χ2n) is 3.62. The van der Waals surface area contributed by atoms with Crippen LogP contribution in [0.4, 0.5) is 0 Å². The third-order valence-electron chi connectivity index (χ3n) is 2.63. The van der Waals surface area contributed by atoms with Crippen LogP contribution < -0.4 is 5.32 Å². The summed E-state index contributed by atoms with van der Waals surface area (Å²) in [7, 11) is 0. The zero-order chi connectivity index (χ0) is 8.32. The third kappa shape index (κ3) is 1.92. The molecule has 0 aromatic rings. The Balaban J connectivity index is 2.58. The number of hydrogen-bond donors (Lipinski definition) is 3. The molecular weight excluding hydrogens is 142 g/mol. The van der Waals surface area contributed by atoms with Gasteiger partial charge in [0.1, 0.15) is 0 Å². The molecule has 1 aliphatic heterocycles. The maximum Gasteiger partial charge on any atom is 0.0628 e. The lowest BCUT2D eigenvalue weighted by molar-refractivity contribution is -0.00642. The van der Waals surface area contributed by atoms with E-state index in [-0.39, 0.29) is 18.1 Å². The minimum absolute atomic E-state index is 0.0792. The Kier molecular flexibility index (Phi) is 2.87. The summed E-state index contributed by atoms with van der Waals surface area (Å²) >= 11 is 0. The van der Waals surface area contributed by atoms with Crippen LogP contribution in [-0.4, -0.2) is 36.0 Å². The molecule has 1 saturated heterocycles. The Morgan fingerprint density at radius 1 is 1.55 bits per heavy atom. The van der Waals surface area contributed by atoms with Crippen LogP contribution >= 0.6 is 0 Å². The lowest BCUT2D eigenvalue weighted by Crippen LogP contribution is -2.35. The fraction of sp³-hybridized carbons (Fsp3) is 1.00. The molecule has 1 fully saturated rings. The van der Waals surface area contributed by atoms with Gasteiger partial charge in [-0.05, 0) is 25.9 Å². The second kappa shape index (κ2) is 3.52. The largest absolute Gasteiger partial charge is 0.396 e. The molecule has 0 amide bonds. The molecule has 3 N–H and O–H groups in total. The topological polar surface area (TPSA) is 52.5 Å². The van der Waals surface area contributed by atoms with Gasteiger partial charge in [-0.2, -0.15) is 0 Å². The molecule has 0 aliphatic carbocycles. The number of nitrogens with one attached hydrogen (secondary N) is 1. The second-order valence-corrected chi connectivity index (χ2v) is 3.62. The normalized spacial score (nSPS) is 40.1. The number of aliphatic hydroxyl groups excluding tert-OH is 2. The smallest absolute Gasteiger partial charge is 0.0628 e. The Morgan fingerprint density at radius 2 is 2.27 bits per heavy atom. The average Bonchev–Trinajstić information content (AvgIpc) is 2.16. The van der Waals surface area contributed by atoms with Crippen molar-refractivity contribution in [2.45, 2.75) is 25.9 Å². The summed E-state index contributed by atoms with van der Waals surface area (Å²) < 4.78 is 0. The molecule has 0 spiro atoms. The van der Waals surface area contributed by atoms with Crippen LogP contribution in [0.2, 0.25) is 0 Å². The summed E-state index contributed by atoms with van der Waals surface area (Å²) in [6.45, 7) is 3.77. The van der Waals surface area contributed by atoms with E-state index < -0.39 is 0 Å². The van der Waals surface area contributed by atoms with Crippen molar-refractivity contribution in [2.24, 2.45) is 5.41 Å². The maximum absolute atomic E-state index is 9.61. The van der Waals surface area contributed by atoms with E-state index in [0.717, 1.165) is 25.9 Å². The van der Waals surface area contributed by atoms with Crippen molar-refractivity contribution in [3.05, 3.63) is 0 Å². The molecule has 3 nitrogen and oxygen atoms in total. The van der Waals surface area contributed by atoms with Gasteiger partial charge in [0.25, 0.3) is 0 Å². The lowest BCUT2D eigenvalue weighted by Gasteiger charge is -2.30. The summed E-state index contributed by atoms with van der Waals surface area (Å²) in [5.41, 5.74) is -0.288. The van der Waals surface area contributed by atoms with Gasteiger partial charge in [0, 0.05) is 5.41 Å². The van der Waals surface area contributed by atoms with Crippen molar-refractivity contribution in [1.29, 1.82) is 0 Å². The molecule has 11 heavy (non-hydrogen) atoms. The molecule has 0 saturated carbocycles. The molecule has 0 bridgehead atoms. The van der Waals surface area contributed by atoms with Crippen LogP contribution in [0.25, 0.3) is 0 Å². The van der Waals surface area contributed by atoms with Crippen molar-refractivity contribution in [1.82, 2.24) is 5.32 Å². The quantitative estimate of drug-likeness (QED) is 0.493. The molecule has 2 unspecified atom stereocenters. The van der Waals surface area contributed by atoms with Gasteiger partial charge in [-0.3, -0.25) is 0 Å². The summed E-state index contributed by atoms with van der Waals surface area (Å²) in [5, 5.41) is 21.9. The van der Waals surface area contributed by atoms with Crippen molar-refractivity contribution >= 4 is 0 Å². The van der Waals surface area contributed by atoms with Crippen LogP contribution in [0.5, 0.6) is 0 Å². The summed E-state index contributed by atoms with van der Waals surface area (Å²) in [4.78, 5) is 0. The van der Waals surface area contributed by atoms with Gasteiger partial charge in [-0.1, -0.05) is 6.92 Å². The van der Waals surface area contributed by atoms with Gasteiger partial charge in [-0.25, -0.2) is 0 Å². The van der Waals surface area contributed by atoms with Gasteiger partial charge in [0.05, 0.1) is 12.7 Å². The highest BCUT2D eigenvalue weighted by molar-refractivity contribution is 4.85. The van der Waals surface area contributed by atoms with E-state index in [4.69, 9.17) is 5.11 Å². The Morgan fingerprint density at radius 3 is 2.91 bits per heavy atom. The third-order valence-corrected chi connectivity index (χ3v) is 2.63. The highest BCUT2D eigenvalue weighted by Gasteiger charge is 2.32. The van der Waals surface area contributed by atoms with Crippen molar-refractivity contribution < 1.29 is 10.2 Å². The van der Waals surface area contributed by atoms with E-state index in [9.17, 15) is 5.11 Å². The lowest BCUT2D eigenvalue weighted by atomic mass is 9.81. The first-order valence-corrected chi connectivity index (χ1v) is 4.19. The molecule has 1 rings (SSSR count). The SMILES string of the molecule is CC1(CO)CCNCCC1O. The Labute approximate surface area is 67.4 Å². The van der Waals surface area contributed by atoms with Gasteiger partial charge in [-0.15, -0.1) is 0 Å². The molecular formula is C8H17NO2. The highest BCUT2D eigenvalue weighted by Crippen LogP contribution is 2.28. The van der Waals surface area contributed by atoms with E-state index in [0.29, 0.717) is 0 Å². The number of rotatable bonds is 1. The van der Waals surface area contributed by atoms with Crippen LogP contribution in [-0.2, 0) is 0 Å².